The lowest BCUT2D eigenvalue weighted by Gasteiger charge is -2.27. The Hall–Kier alpha value is -3.50. The van der Waals surface area contributed by atoms with Crippen LogP contribution in [0.25, 0.3) is 16.8 Å². The largest absolute Gasteiger partial charge is 0.378 e. The molecule has 35 heavy (non-hydrogen) atoms. The predicted octanol–water partition coefficient (Wildman–Crippen LogP) is 3.50. The van der Waals surface area contributed by atoms with E-state index < -0.39 is 5.91 Å². The molecule has 0 aliphatic carbocycles. The van der Waals surface area contributed by atoms with E-state index >= 15 is 0 Å². The van der Waals surface area contributed by atoms with Crippen molar-refractivity contribution in [3.05, 3.63) is 59.1 Å². The van der Waals surface area contributed by atoms with Gasteiger partial charge in [0.1, 0.15) is 6.33 Å². The maximum atomic E-state index is 12.5. The van der Waals surface area contributed by atoms with Crippen molar-refractivity contribution < 1.29 is 14.1 Å². The van der Waals surface area contributed by atoms with Crippen molar-refractivity contribution in [2.45, 2.75) is 32.7 Å². The Bertz CT molecular complexity index is 1370. The van der Waals surface area contributed by atoms with E-state index in [1.165, 1.54) is 6.33 Å². The van der Waals surface area contributed by atoms with Crippen molar-refractivity contribution in [2.75, 3.05) is 31.2 Å². The number of benzene rings is 1. The molecule has 1 N–H and O–H groups in total. The number of halogens is 1. The van der Waals surface area contributed by atoms with Crippen LogP contribution in [0.1, 0.15) is 42.8 Å². The highest BCUT2D eigenvalue weighted by atomic mass is 35.5. The van der Waals surface area contributed by atoms with Crippen LogP contribution < -0.4 is 10.2 Å². The van der Waals surface area contributed by atoms with E-state index in [1.807, 2.05) is 49.7 Å². The number of anilines is 1. The Morgan fingerprint density at radius 2 is 2.00 bits per heavy atom. The molecule has 10 nitrogen and oxygen atoms in total. The maximum Gasteiger partial charge on any atom is 0.315 e. The molecule has 1 fully saturated rings. The number of carbonyl (C=O) groups is 1. The molecule has 4 aromatic rings. The summed E-state index contributed by atoms with van der Waals surface area (Å²) in [7, 11) is 0. The van der Waals surface area contributed by atoms with E-state index in [2.05, 4.69) is 36.5 Å². The van der Waals surface area contributed by atoms with Gasteiger partial charge in [-0.3, -0.25) is 4.79 Å². The van der Waals surface area contributed by atoms with Gasteiger partial charge >= 0.3 is 11.8 Å². The fourth-order valence-corrected chi connectivity index (χ4v) is 4.09. The number of hydrogen-bond donors (Lipinski definition) is 1. The van der Waals surface area contributed by atoms with Gasteiger partial charge in [-0.15, -0.1) is 0 Å². The molecule has 5 rings (SSSR count). The number of carbonyl (C=O) groups excluding carboxylic acids is 1. The average molecular weight is 496 g/mol. The van der Waals surface area contributed by atoms with Gasteiger partial charge in [-0.1, -0.05) is 49.7 Å². The number of rotatable bonds is 5. The fourth-order valence-electron chi connectivity index (χ4n) is 3.84. The Morgan fingerprint density at radius 3 is 2.71 bits per heavy atom. The van der Waals surface area contributed by atoms with Crippen LogP contribution in [0.5, 0.6) is 0 Å². The van der Waals surface area contributed by atoms with Crippen LogP contribution in [0.15, 0.2) is 41.3 Å². The molecule has 1 aromatic carbocycles. The van der Waals surface area contributed by atoms with Gasteiger partial charge < -0.3 is 19.5 Å². The van der Waals surface area contributed by atoms with Gasteiger partial charge in [-0.25, -0.2) is 9.50 Å². The first-order valence-corrected chi connectivity index (χ1v) is 11.7. The van der Waals surface area contributed by atoms with Crippen molar-refractivity contribution in [3.63, 3.8) is 0 Å². The van der Waals surface area contributed by atoms with Crippen molar-refractivity contribution in [2.24, 2.45) is 0 Å². The predicted molar refractivity (Wildman–Crippen MR) is 131 cm³/mol. The summed E-state index contributed by atoms with van der Waals surface area (Å²) in [6, 6.07) is 7.73. The van der Waals surface area contributed by atoms with Gasteiger partial charge in [0.25, 0.3) is 0 Å². The van der Waals surface area contributed by atoms with Crippen molar-refractivity contribution in [1.29, 1.82) is 0 Å². The van der Waals surface area contributed by atoms with Crippen LogP contribution in [0.2, 0.25) is 5.02 Å². The smallest absolute Gasteiger partial charge is 0.315 e. The monoisotopic (exact) mass is 495 g/mol. The molecule has 1 saturated heterocycles. The summed E-state index contributed by atoms with van der Waals surface area (Å²) in [5.74, 6) is -0.0480. The molecular weight excluding hydrogens is 470 g/mol. The lowest BCUT2D eigenvalue weighted by atomic mass is 9.96. The highest BCUT2D eigenvalue weighted by Gasteiger charge is 2.24. The quantitative estimate of drug-likeness (QED) is 0.448. The fraction of sp³-hybridized carbons (Fsp3) is 0.375. The second-order valence-electron chi connectivity index (χ2n) is 9.40. The van der Waals surface area contributed by atoms with Gasteiger partial charge in [-0.2, -0.15) is 10.1 Å². The normalized spacial score (nSPS) is 14.5. The Morgan fingerprint density at radius 1 is 1.20 bits per heavy atom. The van der Waals surface area contributed by atoms with Crippen LogP contribution in [0.3, 0.4) is 0 Å². The summed E-state index contributed by atoms with van der Waals surface area (Å²) in [5, 5.41) is 11.5. The first kappa shape index (κ1) is 23.3. The van der Waals surface area contributed by atoms with Crippen molar-refractivity contribution >= 4 is 28.7 Å². The van der Waals surface area contributed by atoms with Gasteiger partial charge in [0.05, 0.1) is 36.3 Å². The third kappa shape index (κ3) is 4.85. The molecule has 0 atom stereocenters. The van der Waals surface area contributed by atoms with Crippen LogP contribution in [0, 0.1) is 0 Å². The van der Waals surface area contributed by atoms with E-state index in [4.69, 9.17) is 20.9 Å². The number of hydrogen-bond acceptors (Lipinski definition) is 8. The maximum absolute atomic E-state index is 12.5. The van der Waals surface area contributed by atoms with Gasteiger partial charge in [0, 0.05) is 35.6 Å². The van der Waals surface area contributed by atoms with E-state index in [-0.39, 0.29) is 17.9 Å². The summed E-state index contributed by atoms with van der Waals surface area (Å²) in [5.41, 5.74) is 4.05. The molecule has 1 aliphatic heterocycles. The number of morpholine rings is 1. The van der Waals surface area contributed by atoms with Crippen molar-refractivity contribution in [3.8, 4) is 11.3 Å². The summed E-state index contributed by atoms with van der Waals surface area (Å²) in [4.78, 5) is 23.4. The minimum atomic E-state index is -0.450. The zero-order valence-corrected chi connectivity index (χ0v) is 20.5. The van der Waals surface area contributed by atoms with Crippen molar-refractivity contribution in [1.82, 2.24) is 30.1 Å². The standard InChI is InChI=1S/C24H26ClN7O3/c1-24(2,3)23-29-22(35-30-23)21(33)26-12-16-5-4-15(10-18(16)25)20-19-11-17(13-32(19)28-14-27-20)31-6-8-34-9-7-31/h4-5,10-11,13-14H,6-9,12H2,1-3H3,(H,26,33). The Balaban J connectivity index is 1.33. The second kappa shape index (κ2) is 9.27. The zero-order chi connectivity index (χ0) is 24.6. The molecule has 0 saturated carbocycles. The number of nitrogens with one attached hydrogen (secondary N) is 1. The van der Waals surface area contributed by atoms with E-state index in [0.29, 0.717) is 24.1 Å². The highest BCUT2D eigenvalue weighted by Crippen LogP contribution is 2.30. The van der Waals surface area contributed by atoms with Crippen LogP contribution in [0.4, 0.5) is 5.69 Å². The zero-order valence-electron chi connectivity index (χ0n) is 19.8. The number of fused-ring (bicyclic) bond motifs is 1. The SMILES string of the molecule is CC(C)(C)c1noc(C(=O)NCc2ccc(-c3ncnn4cc(N5CCOCC5)cc34)cc2Cl)n1. The molecule has 4 heterocycles. The molecule has 0 spiro atoms. The van der Waals surface area contributed by atoms with Crippen LogP contribution >= 0.6 is 11.6 Å². The molecule has 0 bridgehead atoms. The number of aromatic nitrogens is 5. The van der Waals surface area contributed by atoms with E-state index in [0.717, 1.165) is 41.1 Å². The van der Waals surface area contributed by atoms with Crippen LogP contribution in [-0.2, 0) is 16.7 Å². The molecule has 182 valence electrons. The summed E-state index contributed by atoms with van der Waals surface area (Å²) in [6.45, 7) is 9.17. The lowest BCUT2D eigenvalue weighted by molar-refractivity contribution is 0.0907. The molecule has 1 amide bonds. The van der Waals surface area contributed by atoms with Crippen LogP contribution in [-0.4, -0.2) is 56.9 Å². The minimum absolute atomic E-state index is 0.0737. The van der Waals surface area contributed by atoms with Gasteiger partial charge in [0.15, 0.2) is 5.82 Å². The topological polar surface area (TPSA) is 111 Å². The molecular formula is C24H26ClN7O3. The summed E-state index contributed by atoms with van der Waals surface area (Å²) in [6.07, 6.45) is 3.53. The highest BCUT2D eigenvalue weighted by molar-refractivity contribution is 6.31. The number of nitrogens with zero attached hydrogens (tertiary/aromatic N) is 6. The van der Waals surface area contributed by atoms with E-state index in [1.54, 1.807) is 0 Å². The first-order valence-electron chi connectivity index (χ1n) is 11.4. The Kier molecular flexibility index (Phi) is 6.16. The first-order chi connectivity index (χ1) is 16.8. The molecule has 11 heteroatoms. The summed E-state index contributed by atoms with van der Waals surface area (Å²) >= 11 is 6.58. The number of ether oxygens (including phenoxy) is 1. The third-order valence-electron chi connectivity index (χ3n) is 5.82. The molecule has 3 aromatic heterocycles. The average Bonchev–Trinajstić information content (AvgIpc) is 3.51. The number of amides is 1. The lowest BCUT2D eigenvalue weighted by Crippen LogP contribution is -2.35. The molecule has 0 unspecified atom stereocenters. The van der Waals surface area contributed by atoms with Gasteiger partial charge in [0.2, 0.25) is 0 Å². The Labute approximate surface area is 207 Å². The molecule has 1 aliphatic rings. The summed E-state index contributed by atoms with van der Waals surface area (Å²) < 4.78 is 12.4. The second-order valence-corrected chi connectivity index (χ2v) is 9.81. The third-order valence-corrected chi connectivity index (χ3v) is 6.18. The van der Waals surface area contributed by atoms with Gasteiger partial charge in [-0.05, 0) is 17.7 Å². The van der Waals surface area contributed by atoms with E-state index in [9.17, 15) is 4.79 Å². The molecule has 0 radical (unpaired) electrons. The minimum Gasteiger partial charge on any atom is -0.378 e.